The Morgan fingerprint density at radius 1 is 1.14 bits per heavy atom. The van der Waals surface area contributed by atoms with E-state index in [0.29, 0.717) is 40.6 Å². The van der Waals surface area contributed by atoms with Crippen LogP contribution >= 0.6 is 0 Å². The van der Waals surface area contributed by atoms with E-state index in [-0.39, 0.29) is 24.9 Å². The van der Waals surface area contributed by atoms with E-state index in [9.17, 15) is 13.6 Å². The summed E-state index contributed by atoms with van der Waals surface area (Å²) < 4.78 is 44.5. The molecule has 1 fully saturated rings. The van der Waals surface area contributed by atoms with Crippen LogP contribution < -0.4 is 14.8 Å². The van der Waals surface area contributed by atoms with E-state index in [4.69, 9.17) is 14.2 Å². The van der Waals surface area contributed by atoms with Crippen molar-refractivity contribution in [1.82, 2.24) is 15.0 Å². The van der Waals surface area contributed by atoms with E-state index in [1.807, 2.05) is 0 Å². The number of aromatic nitrogens is 3. The van der Waals surface area contributed by atoms with Gasteiger partial charge in [-0.3, -0.25) is 4.79 Å². The third kappa shape index (κ3) is 5.22. The molecule has 35 heavy (non-hydrogen) atoms. The van der Waals surface area contributed by atoms with Gasteiger partial charge in [0.15, 0.2) is 5.75 Å². The molecule has 1 saturated carbocycles. The van der Waals surface area contributed by atoms with Crippen LogP contribution in [0.25, 0.3) is 0 Å². The molecule has 1 aliphatic rings. The molecule has 10 heteroatoms. The summed E-state index contributed by atoms with van der Waals surface area (Å²) >= 11 is 0. The predicted molar refractivity (Wildman–Crippen MR) is 123 cm³/mol. The van der Waals surface area contributed by atoms with Crippen molar-refractivity contribution < 1.29 is 27.8 Å². The minimum absolute atomic E-state index is 0.0662. The number of halogens is 2. The van der Waals surface area contributed by atoms with E-state index in [0.717, 1.165) is 6.20 Å². The zero-order valence-corrected chi connectivity index (χ0v) is 19.9. The molecule has 8 nitrogen and oxygen atoms in total. The summed E-state index contributed by atoms with van der Waals surface area (Å²) in [5.74, 6) is -0.259. The molecule has 2 atom stereocenters. The Bertz CT molecular complexity index is 1260. The lowest BCUT2D eigenvalue weighted by molar-refractivity contribution is -0.117. The van der Waals surface area contributed by atoms with Crippen molar-refractivity contribution in [3.63, 3.8) is 0 Å². The van der Waals surface area contributed by atoms with E-state index in [2.05, 4.69) is 20.3 Å². The number of nitrogens with zero attached hydrogens (tertiary/aromatic N) is 3. The molecule has 3 aromatic rings. The van der Waals surface area contributed by atoms with Gasteiger partial charge in [0.1, 0.15) is 34.7 Å². The van der Waals surface area contributed by atoms with Gasteiger partial charge in [-0.15, -0.1) is 0 Å². The van der Waals surface area contributed by atoms with Crippen LogP contribution in [0, 0.1) is 31.4 Å². The van der Waals surface area contributed by atoms with Gasteiger partial charge in [-0.1, -0.05) is 0 Å². The molecule has 1 amide bonds. The van der Waals surface area contributed by atoms with Crippen molar-refractivity contribution in [1.29, 1.82) is 0 Å². The highest BCUT2D eigenvalue weighted by Gasteiger charge is 2.60. The lowest BCUT2D eigenvalue weighted by Gasteiger charge is -2.21. The van der Waals surface area contributed by atoms with Crippen molar-refractivity contribution in [3.05, 3.63) is 70.9 Å². The minimum atomic E-state index is -0.830. The maximum Gasteiger partial charge on any atom is 0.229 e. The normalized spacial score (nSPS) is 18.7. The number of benzene rings is 1. The second-order valence-electron chi connectivity index (χ2n) is 8.55. The molecular formula is C25H26F2N4O4. The number of hydrogen-bond acceptors (Lipinski definition) is 7. The molecule has 0 bridgehead atoms. The van der Waals surface area contributed by atoms with Gasteiger partial charge in [-0.25, -0.2) is 23.7 Å². The first-order chi connectivity index (χ1) is 16.8. The van der Waals surface area contributed by atoms with Crippen LogP contribution in [-0.2, 0) is 21.6 Å². The number of methoxy groups -OCH3 is 2. The molecule has 0 unspecified atom stereocenters. The standard InChI is InChI=1S/C25H26F2N4O4/c1-14-5-23(29-10-20(14)27)31-24(32)19-9-25(19,16-6-17(26)8-18(7-16)34-4)13-35-22-11-28-15(2)30-21(22)12-33-3/h5-8,10-11,19H,9,12-13H2,1-4H3,(H,29,31,32)/t19-,25+/m0/s1. The number of pyridine rings is 1. The molecule has 0 aliphatic heterocycles. The van der Waals surface area contributed by atoms with Crippen LogP contribution in [0.4, 0.5) is 14.6 Å². The Morgan fingerprint density at radius 3 is 2.66 bits per heavy atom. The van der Waals surface area contributed by atoms with Crippen molar-refractivity contribution in [3.8, 4) is 11.5 Å². The Balaban J connectivity index is 1.62. The van der Waals surface area contributed by atoms with Crippen LogP contribution in [0.1, 0.15) is 29.1 Å². The summed E-state index contributed by atoms with van der Waals surface area (Å²) in [6.07, 6.45) is 3.01. The fraction of sp³-hybridized carbons (Fsp3) is 0.360. The highest BCUT2D eigenvalue weighted by molar-refractivity contribution is 5.95. The van der Waals surface area contributed by atoms with Crippen molar-refractivity contribution >= 4 is 11.7 Å². The summed E-state index contributed by atoms with van der Waals surface area (Å²) in [6.45, 7) is 3.63. The van der Waals surface area contributed by atoms with E-state index in [1.165, 1.54) is 25.3 Å². The van der Waals surface area contributed by atoms with Crippen molar-refractivity contribution in [2.75, 3.05) is 26.1 Å². The van der Waals surface area contributed by atoms with Gasteiger partial charge in [-0.2, -0.15) is 0 Å². The third-order valence-electron chi connectivity index (χ3n) is 6.09. The number of carbonyl (C=O) groups is 1. The molecule has 0 saturated heterocycles. The van der Waals surface area contributed by atoms with E-state index in [1.54, 1.807) is 33.2 Å². The maximum absolute atomic E-state index is 14.4. The lowest BCUT2D eigenvalue weighted by Crippen LogP contribution is -2.27. The molecule has 0 radical (unpaired) electrons. The zero-order valence-electron chi connectivity index (χ0n) is 19.9. The number of hydrogen-bond donors (Lipinski definition) is 1. The number of rotatable bonds is 9. The minimum Gasteiger partial charge on any atom is -0.497 e. The number of nitrogens with one attached hydrogen (secondary N) is 1. The largest absolute Gasteiger partial charge is 0.497 e. The molecule has 1 aliphatic carbocycles. The quantitative estimate of drug-likeness (QED) is 0.492. The molecule has 2 heterocycles. The summed E-state index contributed by atoms with van der Waals surface area (Å²) in [5, 5.41) is 2.74. The molecular weight excluding hydrogens is 458 g/mol. The predicted octanol–water partition coefficient (Wildman–Crippen LogP) is 3.90. The van der Waals surface area contributed by atoms with E-state index < -0.39 is 23.0 Å². The number of carbonyl (C=O) groups excluding carboxylic acids is 1. The van der Waals surface area contributed by atoms with Gasteiger partial charge in [-0.05, 0) is 49.6 Å². The Hall–Kier alpha value is -3.66. The SMILES string of the molecule is COCc1nc(C)ncc1OC[C@@]1(c2cc(F)cc(OC)c2)C[C@H]1C(=O)Nc1cc(C)c(F)cn1. The molecule has 184 valence electrons. The maximum atomic E-state index is 14.4. The fourth-order valence-electron chi connectivity index (χ4n) is 4.07. The first kappa shape index (κ1) is 24.5. The van der Waals surface area contributed by atoms with E-state index >= 15 is 0 Å². The lowest BCUT2D eigenvalue weighted by atomic mass is 9.93. The second-order valence-corrected chi connectivity index (χ2v) is 8.55. The zero-order chi connectivity index (χ0) is 25.2. The van der Waals surface area contributed by atoms with Gasteiger partial charge in [0.2, 0.25) is 5.91 Å². The number of amides is 1. The highest BCUT2D eigenvalue weighted by Crippen LogP contribution is 2.55. The Labute approximate surface area is 201 Å². The molecule has 0 spiro atoms. The number of ether oxygens (including phenoxy) is 3. The van der Waals surface area contributed by atoms with Crippen LogP contribution in [0.3, 0.4) is 0 Å². The molecule has 1 aromatic carbocycles. The molecule has 2 aromatic heterocycles. The summed E-state index contributed by atoms with van der Waals surface area (Å²) in [6, 6.07) is 5.80. The fourth-order valence-corrected chi connectivity index (χ4v) is 4.07. The van der Waals surface area contributed by atoms with Crippen LogP contribution in [-0.4, -0.2) is 41.7 Å². The third-order valence-corrected chi connectivity index (χ3v) is 6.09. The van der Waals surface area contributed by atoms with Crippen LogP contribution in [0.15, 0.2) is 36.7 Å². The monoisotopic (exact) mass is 484 g/mol. The van der Waals surface area contributed by atoms with Gasteiger partial charge >= 0.3 is 0 Å². The van der Waals surface area contributed by atoms with Gasteiger partial charge < -0.3 is 19.5 Å². The number of aryl methyl sites for hydroxylation is 2. The van der Waals surface area contributed by atoms with Crippen molar-refractivity contribution in [2.45, 2.75) is 32.3 Å². The van der Waals surface area contributed by atoms with Crippen LogP contribution in [0.5, 0.6) is 11.5 Å². The molecule has 1 N–H and O–H groups in total. The Kier molecular flexibility index (Phi) is 6.93. The molecule has 4 rings (SSSR count). The smallest absolute Gasteiger partial charge is 0.229 e. The number of anilines is 1. The van der Waals surface area contributed by atoms with Gasteiger partial charge in [0.05, 0.1) is 38.6 Å². The highest BCUT2D eigenvalue weighted by atomic mass is 19.1. The summed E-state index contributed by atoms with van der Waals surface area (Å²) in [7, 11) is 3.00. The average molecular weight is 485 g/mol. The summed E-state index contributed by atoms with van der Waals surface area (Å²) in [4.78, 5) is 25.6. The first-order valence-electron chi connectivity index (χ1n) is 11.0. The van der Waals surface area contributed by atoms with Gasteiger partial charge in [0.25, 0.3) is 0 Å². The van der Waals surface area contributed by atoms with Gasteiger partial charge in [0, 0.05) is 18.6 Å². The topological polar surface area (TPSA) is 95.5 Å². The Morgan fingerprint density at radius 2 is 1.94 bits per heavy atom. The average Bonchev–Trinajstić information content (AvgIpc) is 3.57. The summed E-state index contributed by atoms with van der Waals surface area (Å²) in [5.41, 5.74) is 0.670. The second kappa shape index (κ2) is 9.91. The van der Waals surface area contributed by atoms with Crippen LogP contribution in [0.2, 0.25) is 0 Å². The van der Waals surface area contributed by atoms with Crippen molar-refractivity contribution in [2.24, 2.45) is 5.92 Å². The first-order valence-corrected chi connectivity index (χ1v) is 11.0.